The van der Waals surface area contributed by atoms with Crippen molar-refractivity contribution in [2.75, 3.05) is 0 Å². The Morgan fingerprint density at radius 2 is 1.53 bits per heavy atom. The third-order valence-corrected chi connectivity index (χ3v) is 3.95. The van der Waals surface area contributed by atoms with Crippen LogP contribution in [0.2, 0.25) is 0 Å². The van der Waals surface area contributed by atoms with Crippen LogP contribution in [0, 0.1) is 0 Å². The first-order valence-corrected chi connectivity index (χ1v) is 6.40. The highest BCUT2D eigenvalue weighted by molar-refractivity contribution is 4.84. The van der Waals surface area contributed by atoms with E-state index in [1.54, 1.807) is 0 Å². The maximum absolute atomic E-state index is 6.17. The molecule has 2 unspecified atom stereocenters. The summed E-state index contributed by atoms with van der Waals surface area (Å²) < 4.78 is 6.17. The molecule has 1 aliphatic heterocycles. The molecule has 0 aromatic rings. The van der Waals surface area contributed by atoms with Crippen LogP contribution in [0.4, 0.5) is 0 Å². The van der Waals surface area contributed by atoms with Crippen LogP contribution >= 0.6 is 0 Å². The second kappa shape index (κ2) is 4.04. The van der Waals surface area contributed by atoms with Crippen LogP contribution in [-0.2, 0) is 14.5 Å². The maximum atomic E-state index is 6.17. The zero-order valence-electron chi connectivity index (χ0n) is 9.24. The van der Waals surface area contributed by atoms with Crippen LogP contribution in [0.25, 0.3) is 0 Å². The first-order chi connectivity index (χ1) is 7.38. The molecular weight excluding hydrogens is 192 g/mol. The zero-order chi connectivity index (χ0) is 10.1. The van der Waals surface area contributed by atoms with E-state index in [4.69, 9.17) is 14.5 Å². The summed E-state index contributed by atoms with van der Waals surface area (Å²) in [4.78, 5) is 11.1. The second-order valence-electron chi connectivity index (χ2n) is 5.13. The normalized spacial score (nSPS) is 40.0. The topological polar surface area (TPSA) is 27.7 Å². The van der Waals surface area contributed by atoms with Gasteiger partial charge in [-0.2, -0.15) is 0 Å². The van der Waals surface area contributed by atoms with Gasteiger partial charge in [-0.25, -0.2) is 9.78 Å². The molecule has 15 heavy (non-hydrogen) atoms. The predicted octanol–water partition coefficient (Wildman–Crippen LogP) is 2.94. The number of hydrogen-bond donors (Lipinski definition) is 0. The second-order valence-corrected chi connectivity index (χ2v) is 5.13. The largest absolute Gasteiger partial charge is 0.341 e. The van der Waals surface area contributed by atoms with Gasteiger partial charge < -0.3 is 4.74 Å². The average Bonchev–Trinajstić information content (AvgIpc) is 2.30. The van der Waals surface area contributed by atoms with Crippen molar-refractivity contribution < 1.29 is 14.5 Å². The molecule has 86 valence electrons. The van der Waals surface area contributed by atoms with Crippen LogP contribution in [0.1, 0.15) is 57.8 Å². The Morgan fingerprint density at radius 1 is 0.800 bits per heavy atom. The van der Waals surface area contributed by atoms with Crippen molar-refractivity contribution in [1.29, 1.82) is 0 Å². The van der Waals surface area contributed by atoms with Crippen LogP contribution in [0.5, 0.6) is 0 Å². The molecule has 0 amide bonds. The van der Waals surface area contributed by atoms with E-state index in [0.717, 1.165) is 25.7 Å². The van der Waals surface area contributed by atoms with Crippen molar-refractivity contribution in [1.82, 2.24) is 0 Å². The number of ether oxygens (including phenoxy) is 1. The average molecular weight is 212 g/mol. The summed E-state index contributed by atoms with van der Waals surface area (Å²) in [5.41, 5.74) is 0. The van der Waals surface area contributed by atoms with Crippen molar-refractivity contribution >= 4 is 0 Å². The smallest absolute Gasteiger partial charge is 0.201 e. The van der Waals surface area contributed by atoms with E-state index in [1.165, 1.54) is 32.1 Å². The van der Waals surface area contributed by atoms with Gasteiger partial charge in [-0.05, 0) is 25.7 Å². The molecular formula is C12H20O3. The van der Waals surface area contributed by atoms with E-state index in [-0.39, 0.29) is 11.9 Å². The van der Waals surface area contributed by atoms with Gasteiger partial charge in [0.2, 0.25) is 5.79 Å². The summed E-state index contributed by atoms with van der Waals surface area (Å²) in [6.07, 6.45) is 11.0. The summed E-state index contributed by atoms with van der Waals surface area (Å²) in [6, 6.07) is 0. The molecule has 3 aliphatic rings. The minimum Gasteiger partial charge on any atom is -0.341 e. The molecule has 0 N–H and O–H groups in total. The van der Waals surface area contributed by atoms with E-state index in [0.29, 0.717) is 6.10 Å². The van der Waals surface area contributed by atoms with Gasteiger partial charge in [-0.15, -0.1) is 0 Å². The van der Waals surface area contributed by atoms with E-state index < -0.39 is 0 Å². The highest BCUT2D eigenvalue weighted by Gasteiger charge is 2.45. The Morgan fingerprint density at radius 3 is 2.33 bits per heavy atom. The van der Waals surface area contributed by atoms with Crippen molar-refractivity contribution in [2.45, 2.75) is 75.8 Å². The van der Waals surface area contributed by atoms with Crippen LogP contribution in [-0.4, -0.2) is 18.0 Å². The van der Waals surface area contributed by atoms with Gasteiger partial charge in [-0.1, -0.05) is 19.3 Å². The molecule has 2 saturated carbocycles. The Kier molecular flexibility index (Phi) is 2.71. The van der Waals surface area contributed by atoms with Gasteiger partial charge >= 0.3 is 0 Å². The molecule has 0 radical (unpaired) electrons. The SMILES string of the molecule is C1CCC2(CC1)OOC1CCCCC1O2. The molecule has 3 rings (SSSR count). The summed E-state index contributed by atoms with van der Waals surface area (Å²) >= 11 is 0. The van der Waals surface area contributed by atoms with Crippen molar-refractivity contribution in [2.24, 2.45) is 0 Å². The molecule has 3 fully saturated rings. The molecule has 1 saturated heterocycles. The molecule has 3 nitrogen and oxygen atoms in total. The van der Waals surface area contributed by atoms with Crippen LogP contribution in [0.3, 0.4) is 0 Å². The molecule has 1 heterocycles. The van der Waals surface area contributed by atoms with Gasteiger partial charge in [0.15, 0.2) is 0 Å². The van der Waals surface area contributed by atoms with Gasteiger partial charge in [0.05, 0.1) is 6.10 Å². The quantitative estimate of drug-likeness (QED) is 0.578. The molecule has 3 heteroatoms. The minimum absolute atomic E-state index is 0.200. The molecule has 0 aromatic carbocycles. The fraction of sp³-hybridized carbons (Fsp3) is 1.00. The molecule has 1 spiro atoms. The molecule has 2 aliphatic carbocycles. The lowest BCUT2D eigenvalue weighted by Gasteiger charge is -2.46. The standard InChI is InChI=1S/C12H20O3/c1-4-8-12(9-5-1)13-10-6-2-3-7-11(10)14-15-12/h10-11H,1-9H2. The van der Waals surface area contributed by atoms with Gasteiger partial charge in [-0.3, -0.25) is 0 Å². The lowest BCUT2D eigenvalue weighted by atomic mass is 9.90. The van der Waals surface area contributed by atoms with Gasteiger partial charge in [0.1, 0.15) is 6.10 Å². The Labute approximate surface area is 91.0 Å². The van der Waals surface area contributed by atoms with Gasteiger partial charge in [0.25, 0.3) is 0 Å². The summed E-state index contributed by atoms with van der Waals surface area (Å²) in [5, 5.41) is 0. The number of rotatable bonds is 0. The minimum atomic E-state index is -0.378. The van der Waals surface area contributed by atoms with Crippen molar-refractivity contribution in [3.8, 4) is 0 Å². The van der Waals surface area contributed by atoms with E-state index in [9.17, 15) is 0 Å². The Hall–Kier alpha value is -0.120. The highest BCUT2D eigenvalue weighted by Crippen LogP contribution is 2.41. The van der Waals surface area contributed by atoms with E-state index >= 15 is 0 Å². The van der Waals surface area contributed by atoms with Crippen molar-refractivity contribution in [3.05, 3.63) is 0 Å². The first kappa shape index (κ1) is 10.1. The lowest BCUT2D eigenvalue weighted by Crippen LogP contribution is -2.52. The number of hydrogen-bond acceptors (Lipinski definition) is 3. The molecule has 2 atom stereocenters. The van der Waals surface area contributed by atoms with Gasteiger partial charge in [0, 0.05) is 12.8 Å². The first-order valence-electron chi connectivity index (χ1n) is 6.40. The lowest BCUT2D eigenvalue weighted by molar-refractivity contribution is -0.510. The Bertz CT molecular complexity index is 223. The van der Waals surface area contributed by atoms with Crippen molar-refractivity contribution in [3.63, 3.8) is 0 Å². The van der Waals surface area contributed by atoms with Crippen LogP contribution in [0.15, 0.2) is 0 Å². The predicted molar refractivity (Wildman–Crippen MR) is 55.1 cm³/mol. The summed E-state index contributed by atoms with van der Waals surface area (Å²) in [7, 11) is 0. The third-order valence-electron chi connectivity index (χ3n) is 3.95. The molecule has 0 bridgehead atoms. The van der Waals surface area contributed by atoms with Crippen LogP contribution < -0.4 is 0 Å². The third kappa shape index (κ3) is 1.93. The monoisotopic (exact) mass is 212 g/mol. The fourth-order valence-electron chi connectivity index (χ4n) is 3.04. The molecule has 0 aromatic heterocycles. The van der Waals surface area contributed by atoms with E-state index in [1.807, 2.05) is 0 Å². The van der Waals surface area contributed by atoms with E-state index in [2.05, 4.69) is 0 Å². The zero-order valence-corrected chi connectivity index (χ0v) is 9.24. The summed E-state index contributed by atoms with van der Waals surface area (Å²) in [6.45, 7) is 0. The maximum Gasteiger partial charge on any atom is 0.201 e. The fourth-order valence-corrected chi connectivity index (χ4v) is 3.04. The summed E-state index contributed by atoms with van der Waals surface area (Å²) in [5.74, 6) is -0.378. The Balaban J connectivity index is 1.68. The highest BCUT2D eigenvalue weighted by atomic mass is 17.2. The number of fused-ring (bicyclic) bond motifs is 1.